The van der Waals surface area contributed by atoms with Crippen molar-refractivity contribution in [2.75, 3.05) is 5.75 Å². The molecule has 0 aliphatic carbocycles. The smallest absolute Gasteiger partial charge is 0.314 e. The fourth-order valence-electron chi connectivity index (χ4n) is 3.67. The van der Waals surface area contributed by atoms with Crippen LogP contribution >= 0.6 is 23.1 Å². The van der Waals surface area contributed by atoms with Gasteiger partial charge in [-0.05, 0) is 29.9 Å². The van der Waals surface area contributed by atoms with Crippen molar-refractivity contribution in [1.82, 2.24) is 0 Å². The molecule has 0 unspecified atom stereocenters. The fourth-order valence-corrected chi connectivity index (χ4v) is 5.81. The highest BCUT2D eigenvalue weighted by molar-refractivity contribution is 8.01. The molecule has 0 bridgehead atoms. The maximum Gasteiger partial charge on any atom is 0.314 e. The van der Waals surface area contributed by atoms with Crippen LogP contribution in [-0.4, -0.2) is 17.5 Å². The number of ketones is 1. The Bertz CT molecular complexity index is 785. The predicted octanol–water partition coefficient (Wildman–Crippen LogP) is 8.86. The molecule has 0 fully saturated rings. The summed E-state index contributed by atoms with van der Waals surface area (Å²) in [5, 5.41) is 0. The number of hydrogen-bond acceptors (Lipinski definition) is 5. The predicted molar refractivity (Wildman–Crippen MR) is 141 cm³/mol. The molecule has 0 amide bonds. The van der Waals surface area contributed by atoms with E-state index in [4.69, 9.17) is 4.74 Å². The van der Waals surface area contributed by atoms with Gasteiger partial charge in [-0.15, -0.1) is 23.1 Å². The van der Waals surface area contributed by atoms with E-state index in [-0.39, 0.29) is 18.8 Å². The average Bonchev–Trinajstić information content (AvgIpc) is 3.30. The van der Waals surface area contributed by atoms with Crippen LogP contribution in [0, 0.1) is 0 Å². The lowest BCUT2D eigenvalue weighted by Crippen LogP contribution is -2.10. The van der Waals surface area contributed by atoms with Crippen molar-refractivity contribution < 1.29 is 14.3 Å². The lowest BCUT2D eigenvalue weighted by molar-refractivity contribution is -0.143. The number of Topliss-reactive ketones (excluding diaryl/α,β-unsaturated/α-hetero) is 1. The van der Waals surface area contributed by atoms with Crippen molar-refractivity contribution in [3.05, 3.63) is 52.9 Å². The zero-order valence-electron chi connectivity index (χ0n) is 20.2. The zero-order chi connectivity index (χ0) is 23.6. The molecule has 1 aromatic carbocycles. The normalized spacial score (nSPS) is 10.9. The van der Waals surface area contributed by atoms with Gasteiger partial charge in [0.05, 0.1) is 9.09 Å². The Balaban J connectivity index is 1.48. The van der Waals surface area contributed by atoms with E-state index >= 15 is 0 Å². The van der Waals surface area contributed by atoms with Gasteiger partial charge in [-0.1, -0.05) is 108 Å². The van der Waals surface area contributed by atoms with Crippen LogP contribution in [0.4, 0.5) is 0 Å². The van der Waals surface area contributed by atoms with E-state index in [1.807, 2.05) is 54.2 Å². The minimum Gasteiger partial charge on any atom is -0.460 e. The van der Waals surface area contributed by atoms with Gasteiger partial charge in [0.15, 0.2) is 5.78 Å². The van der Waals surface area contributed by atoms with Gasteiger partial charge in [-0.3, -0.25) is 9.59 Å². The summed E-state index contributed by atoms with van der Waals surface area (Å²) in [6.45, 7) is 2.48. The lowest BCUT2D eigenvalue weighted by Gasteiger charge is -2.04. The van der Waals surface area contributed by atoms with Crippen LogP contribution in [0.25, 0.3) is 0 Å². The molecule has 2 rings (SSSR count). The first-order valence-corrected chi connectivity index (χ1v) is 14.4. The van der Waals surface area contributed by atoms with Crippen molar-refractivity contribution >= 4 is 34.9 Å². The molecule has 0 saturated carbocycles. The molecule has 0 aliphatic rings. The molecule has 0 N–H and O–H groups in total. The maximum absolute atomic E-state index is 12.4. The number of unbranched alkanes of at least 4 members (excludes halogenated alkanes) is 11. The first-order valence-electron chi connectivity index (χ1n) is 12.6. The van der Waals surface area contributed by atoms with Crippen LogP contribution in [0.15, 0.2) is 46.7 Å². The molecule has 1 aromatic heterocycles. The second-order valence-corrected chi connectivity index (χ2v) is 11.1. The van der Waals surface area contributed by atoms with Gasteiger partial charge in [0.1, 0.15) is 13.0 Å². The number of carbonyl (C=O) groups excluding carboxylic acids is 2. The largest absolute Gasteiger partial charge is 0.460 e. The molecule has 0 atom stereocenters. The molecule has 3 nitrogen and oxygen atoms in total. The van der Waals surface area contributed by atoms with Gasteiger partial charge in [-0.25, -0.2) is 0 Å². The fraction of sp³-hybridized carbons (Fsp3) is 0.571. The van der Waals surface area contributed by atoms with Crippen LogP contribution in [-0.2, 0) is 16.1 Å². The third-order valence-electron chi connectivity index (χ3n) is 5.65. The number of esters is 1. The molecule has 5 heteroatoms. The second kappa shape index (κ2) is 17.8. The Morgan fingerprint density at radius 3 is 2.03 bits per heavy atom. The molecule has 182 valence electrons. The third-order valence-corrected chi connectivity index (χ3v) is 8.08. The van der Waals surface area contributed by atoms with E-state index in [0.717, 1.165) is 15.5 Å². The van der Waals surface area contributed by atoms with Gasteiger partial charge in [0.2, 0.25) is 0 Å². The number of thioether (sulfide) groups is 1. The first-order chi connectivity index (χ1) is 16.2. The summed E-state index contributed by atoms with van der Waals surface area (Å²) in [6.07, 6.45) is 16.1. The molecular weight excluding hydrogens is 448 g/mol. The van der Waals surface area contributed by atoms with Crippen molar-refractivity contribution in [2.24, 2.45) is 0 Å². The van der Waals surface area contributed by atoms with Crippen molar-refractivity contribution in [3.8, 4) is 0 Å². The summed E-state index contributed by atoms with van der Waals surface area (Å²) >= 11 is 3.30. The monoisotopic (exact) mass is 488 g/mol. The van der Waals surface area contributed by atoms with Gasteiger partial charge in [-0.2, -0.15) is 0 Å². The highest BCUT2D eigenvalue weighted by Gasteiger charge is 2.15. The highest BCUT2D eigenvalue weighted by atomic mass is 32.2. The lowest BCUT2D eigenvalue weighted by atomic mass is 10.1. The zero-order valence-corrected chi connectivity index (χ0v) is 21.8. The maximum atomic E-state index is 12.4. The van der Waals surface area contributed by atoms with E-state index in [2.05, 4.69) is 6.92 Å². The van der Waals surface area contributed by atoms with Crippen molar-refractivity contribution in [2.45, 2.75) is 101 Å². The molecule has 0 spiro atoms. The van der Waals surface area contributed by atoms with Crippen LogP contribution < -0.4 is 0 Å². The average molecular weight is 489 g/mol. The number of hydrogen-bond donors (Lipinski definition) is 0. The van der Waals surface area contributed by atoms with Gasteiger partial charge >= 0.3 is 5.97 Å². The number of thiophene rings is 1. The minimum absolute atomic E-state index is 0.157. The summed E-state index contributed by atoms with van der Waals surface area (Å²) in [6, 6.07) is 13.3. The Hall–Kier alpha value is -1.59. The van der Waals surface area contributed by atoms with Gasteiger partial charge < -0.3 is 4.74 Å². The van der Waals surface area contributed by atoms with E-state index in [9.17, 15) is 9.59 Å². The summed E-state index contributed by atoms with van der Waals surface area (Å²) in [4.78, 5) is 25.0. The van der Waals surface area contributed by atoms with E-state index < -0.39 is 5.97 Å². The molecule has 0 radical (unpaired) electrons. The highest BCUT2D eigenvalue weighted by Crippen LogP contribution is 2.29. The Labute approximate surface area is 208 Å². The number of rotatable bonds is 19. The Morgan fingerprint density at radius 1 is 0.788 bits per heavy atom. The standard InChI is InChI=1S/C28H40O3S2/c1-2-3-4-5-6-7-8-9-10-11-12-16-21-32-28-20-19-26(33-28)25(29)22-27(30)31-23-24-17-14-13-15-18-24/h13-15,17-20H,2-12,16,21-23H2,1H3. The van der Waals surface area contributed by atoms with Crippen LogP contribution in [0.2, 0.25) is 0 Å². The van der Waals surface area contributed by atoms with Gasteiger partial charge in [0, 0.05) is 0 Å². The van der Waals surface area contributed by atoms with Crippen LogP contribution in [0.5, 0.6) is 0 Å². The quantitative estimate of drug-likeness (QED) is 0.0651. The third kappa shape index (κ3) is 13.0. The molecular formula is C28H40O3S2. The topological polar surface area (TPSA) is 43.4 Å². The van der Waals surface area contributed by atoms with Gasteiger partial charge in [0.25, 0.3) is 0 Å². The van der Waals surface area contributed by atoms with Crippen LogP contribution in [0.1, 0.15) is 106 Å². The summed E-state index contributed by atoms with van der Waals surface area (Å²) in [7, 11) is 0. The minimum atomic E-state index is -0.469. The number of benzene rings is 1. The van der Waals surface area contributed by atoms with E-state index in [1.54, 1.807) is 0 Å². The summed E-state index contributed by atoms with van der Waals surface area (Å²) in [5.41, 5.74) is 0.922. The number of carbonyl (C=O) groups is 2. The molecule has 0 aliphatic heterocycles. The van der Waals surface area contributed by atoms with E-state index in [0.29, 0.717) is 4.88 Å². The SMILES string of the molecule is CCCCCCCCCCCCCCSc1ccc(C(=O)CC(=O)OCc2ccccc2)s1. The first kappa shape index (κ1) is 27.7. The summed E-state index contributed by atoms with van der Waals surface area (Å²) in [5.74, 6) is 0.461. The van der Waals surface area contributed by atoms with Crippen molar-refractivity contribution in [3.63, 3.8) is 0 Å². The molecule has 0 saturated heterocycles. The molecule has 2 aromatic rings. The summed E-state index contributed by atoms with van der Waals surface area (Å²) < 4.78 is 6.37. The van der Waals surface area contributed by atoms with E-state index in [1.165, 1.54) is 88.4 Å². The van der Waals surface area contributed by atoms with Crippen molar-refractivity contribution in [1.29, 1.82) is 0 Å². The van der Waals surface area contributed by atoms with Crippen LogP contribution in [0.3, 0.4) is 0 Å². The Kier molecular flexibility index (Phi) is 14.9. The number of ether oxygens (including phenoxy) is 1. The molecule has 33 heavy (non-hydrogen) atoms. The Morgan fingerprint density at radius 2 is 1.39 bits per heavy atom. The second-order valence-electron chi connectivity index (χ2n) is 8.60. The molecule has 1 heterocycles.